The molecule has 0 N–H and O–H groups in total. The van der Waals surface area contributed by atoms with Crippen molar-refractivity contribution in [1.82, 2.24) is 20.1 Å². The van der Waals surface area contributed by atoms with Crippen LogP contribution in [0.1, 0.15) is 61.3 Å². The van der Waals surface area contributed by atoms with Gasteiger partial charge in [0.2, 0.25) is 11.8 Å². The molecule has 2 amide bonds. The van der Waals surface area contributed by atoms with Crippen molar-refractivity contribution in [3.8, 4) is 11.6 Å². The molecular weight excluding hydrogens is 663 g/mol. The summed E-state index contributed by atoms with van der Waals surface area (Å²) in [6.07, 6.45) is -9.25. The molecule has 0 saturated carbocycles. The average Bonchev–Trinajstić information content (AvgIpc) is 3.70. The van der Waals surface area contributed by atoms with Crippen LogP contribution in [0.2, 0.25) is 0 Å². The number of likely N-dealkylation sites (tertiary alicyclic amines) is 1. The van der Waals surface area contributed by atoms with Crippen molar-refractivity contribution >= 4 is 17.7 Å². The molecule has 49 heavy (non-hydrogen) atoms. The van der Waals surface area contributed by atoms with Gasteiger partial charge in [0.1, 0.15) is 23.7 Å². The summed E-state index contributed by atoms with van der Waals surface area (Å²) in [7, 11) is 0. The number of halogens is 7. The number of amides is 2. The van der Waals surface area contributed by atoms with E-state index in [-0.39, 0.29) is 35.1 Å². The summed E-state index contributed by atoms with van der Waals surface area (Å²) in [5.41, 5.74) is -3.23. The Morgan fingerprint density at radius 1 is 0.959 bits per heavy atom. The summed E-state index contributed by atoms with van der Waals surface area (Å²) in [6, 6.07) is 8.91. The van der Waals surface area contributed by atoms with Gasteiger partial charge >= 0.3 is 18.4 Å². The summed E-state index contributed by atoms with van der Waals surface area (Å²) in [5, 5.41) is 7.90. The van der Waals surface area contributed by atoms with Crippen LogP contribution in [0, 0.1) is 5.82 Å². The molecule has 1 unspecified atom stereocenters. The van der Waals surface area contributed by atoms with Crippen LogP contribution >= 0.6 is 0 Å². The summed E-state index contributed by atoms with van der Waals surface area (Å²) < 4.78 is 106. The van der Waals surface area contributed by atoms with Gasteiger partial charge in [-0.1, -0.05) is 12.1 Å². The molecule has 9 nitrogen and oxygen atoms in total. The number of benzene rings is 2. The fraction of sp³-hybridized carbons (Fsp3) is 0.364. The molecular formula is C33H30F7N5O4. The van der Waals surface area contributed by atoms with E-state index in [9.17, 15) is 40.3 Å². The van der Waals surface area contributed by atoms with E-state index in [4.69, 9.17) is 9.15 Å². The Balaban J connectivity index is 1.33. The predicted octanol–water partition coefficient (Wildman–Crippen LogP) is 7.81. The molecule has 1 fully saturated rings. The van der Waals surface area contributed by atoms with Gasteiger partial charge in [0.25, 0.3) is 5.89 Å². The summed E-state index contributed by atoms with van der Waals surface area (Å²) in [4.78, 5) is 32.9. The number of aromatic nitrogens is 3. The van der Waals surface area contributed by atoms with Crippen molar-refractivity contribution in [3.05, 3.63) is 94.8 Å². The third kappa shape index (κ3) is 8.72. The van der Waals surface area contributed by atoms with Crippen LogP contribution in [0.15, 0.2) is 65.2 Å². The van der Waals surface area contributed by atoms with E-state index < -0.39 is 65.4 Å². The molecule has 16 heteroatoms. The maximum absolute atomic E-state index is 13.8. The maximum Gasteiger partial charge on any atom is 0.416 e. The van der Waals surface area contributed by atoms with E-state index in [0.29, 0.717) is 31.6 Å². The van der Waals surface area contributed by atoms with Crippen LogP contribution in [0.25, 0.3) is 11.6 Å². The molecule has 2 aromatic carbocycles. The quantitative estimate of drug-likeness (QED) is 0.182. The van der Waals surface area contributed by atoms with Crippen LogP contribution in [0.5, 0.6) is 0 Å². The Hall–Kier alpha value is -5.02. The second-order valence-electron chi connectivity index (χ2n) is 12.4. The molecule has 2 aromatic heterocycles. The number of alkyl halides is 6. The molecule has 0 radical (unpaired) electrons. The first-order chi connectivity index (χ1) is 22.9. The van der Waals surface area contributed by atoms with Crippen molar-refractivity contribution in [2.24, 2.45) is 0 Å². The van der Waals surface area contributed by atoms with E-state index in [0.717, 1.165) is 22.6 Å². The number of nitrogens with zero attached hydrogens (tertiary/aromatic N) is 5. The Morgan fingerprint density at radius 3 is 2.29 bits per heavy atom. The molecule has 1 aliphatic heterocycles. The summed E-state index contributed by atoms with van der Waals surface area (Å²) in [5.74, 6) is -1.77. The van der Waals surface area contributed by atoms with E-state index in [1.807, 2.05) is 0 Å². The molecule has 1 aliphatic rings. The van der Waals surface area contributed by atoms with Crippen molar-refractivity contribution in [3.63, 3.8) is 0 Å². The third-order valence-corrected chi connectivity index (χ3v) is 7.60. The maximum atomic E-state index is 13.8. The first-order valence-electron chi connectivity index (χ1n) is 15.0. The lowest BCUT2D eigenvalue weighted by molar-refractivity contribution is -0.143. The minimum atomic E-state index is -5.18. The average molecular weight is 694 g/mol. The monoisotopic (exact) mass is 693 g/mol. The van der Waals surface area contributed by atoms with Gasteiger partial charge < -0.3 is 19.0 Å². The number of hydrogen-bond donors (Lipinski definition) is 0. The molecule has 0 bridgehead atoms. The Bertz CT molecular complexity index is 1800. The molecule has 3 heterocycles. The van der Waals surface area contributed by atoms with E-state index in [2.05, 4.69) is 15.2 Å². The fourth-order valence-corrected chi connectivity index (χ4v) is 5.23. The van der Waals surface area contributed by atoms with Crippen LogP contribution in [-0.4, -0.2) is 50.8 Å². The highest BCUT2D eigenvalue weighted by Crippen LogP contribution is 2.38. The molecule has 0 aliphatic carbocycles. The number of rotatable bonds is 7. The van der Waals surface area contributed by atoms with Crippen LogP contribution in [0.4, 0.5) is 41.2 Å². The minimum absolute atomic E-state index is 0.0186. The number of carbonyl (C=O) groups excluding carboxylic acids is 2. The zero-order chi connectivity index (χ0) is 35.7. The lowest BCUT2D eigenvalue weighted by Crippen LogP contribution is -2.35. The van der Waals surface area contributed by atoms with Gasteiger partial charge in [-0.3, -0.25) is 9.78 Å². The molecule has 1 atom stereocenters. The zero-order valence-electron chi connectivity index (χ0n) is 26.4. The molecule has 5 rings (SSSR count). The number of hydrogen-bond acceptors (Lipinski definition) is 7. The second-order valence-corrected chi connectivity index (χ2v) is 12.4. The molecule has 0 spiro atoms. The number of anilines is 1. The van der Waals surface area contributed by atoms with Crippen molar-refractivity contribution in [2.45, 2.75) is 64.0 Å². The number of ether oxygens (including phenoxy) is 1. The number of carbonyl (C=O) groups is 2. The largest absolute Gasteiger partial charge is 0.444 e. The second kappa shape index (κ2) is 13.5. The van der Waals surface area contributed by atoms with E-state index in [1.165, 1.54) is 12.1 Å². The first kappa shape index (κ1) is 35.3. The van der Waals surface area contributed by atoms with Gasteiger partial charge in [0.15, 0.2) is 0 Å². The highest BCUT2D eigenvalue weighted by Gasteiger charge is 2.39. The van der Waals surface area contributed by atoms with Crippen LogP contribution in [0.3, 0.4) is 0 Å². The normalized spacial score (nSPS) is 15.4. The van der Waals surface area contributed by atoms with Gasteiger partial charge in [-0.2, -0.15) is 26.3 Å². The summed E-state index contributed by atoms with van der Waals surface area (Å²) >= 11 is 0. The van der Waals surface area contributed by atoms with Crippen molar-refractivity contribution in [1.29, 1.82) is 0 Å². The predicted molar refractivity (Wildman–Crippen MR) is 160 cm³/mol. The topological polar surface area (TPSA) is 102 Å². The van der Waals surface area contributed by atoms with Crippen molar-refractivity contribution in [2.75, 3.05) is 18.0 Å². The summed E-state index contributed by atoms with van der Waals surface area (Å²) in [6.45, 7) is 5.88. The Kier molecular flexibility index (Phi) is 9.70. The molecule has 260 valence electrons. The van der Waals surface area contributed by atoms with Crippen LogP contribution in [-0.2, 0) is 34.8 Å². The Labute approximate surface area is 275 Å². The third-order valence-electron chi connectivity index (χ3n) is 7.60. The zero-order valence-corrected chi connectivity index (χ0v) is 26.4. The van der Waals surface area contributed by atoms with E-state index >= 15 is 0 Å². The minimum Gasteiger partial charge on any atom is -0.444 e. The highest BCUT2D eigenvalue weighted by molar-refractivity contribution is 5.94. The highest BCUT2D eigenvalue weighted by atomic mass is 19.4. The van der Waals surface area contributed by atoms with Crippen LogP contribution < -0.4 is 4.90 Å². The smallest absolute Gasteiger partial charge is 0.416 e. The van der Waals surface area contributed by atoms with E-state index in [1.54, 1.807) is 44.0 Å². The molecule has 1 saturated heterocycles. The first-order valence-corrected chi connectivity index (χ1v) is 15.0. The van der Waals surface area contributed by atoms with Gasteiger partial charge in [-0.25, -0.2) is 9.18 Å². The van der Waals surface area contributed by atoms with Gasteiger partial charge in [0, 0.05) is 30.9 Å². The molecule has 4 aromatic rings. The van der Waals surface area contributed by atoms with Gasteiger partial charge in [0.05, 0.1) is 17.5 Å². The number of pyridine rings is 1. The SMILES string of the molecule is CC(C)(C)OC(=O)N1CCC(c2ccc(-c3nnc(CN(C(=O)Cc4ccc(C(F)(F)F)cc4C(F)(F)F)c4ccc(F)cc4)o3)nc2)C1. The lowest BCUT2D eigenvalue weighted by atomic mass is 10.00. The lowest BCUT2D eigenvalue weighted by Gasteiger charge is -2.24. The van der Waals surface area contributed by atoms with Gasteiger partial charge in [-0.15, -0.1) is 10.2 Å². The Morgan fingerprint density at radius 2 is 1.67 bits per heavy atom. The standard InChI is InChI=1S/C33H30F7N5O4/c1-31(2,3)49-30(47)44-13-12-21(17-44)20-5-11-26(41-16-20)29-43-42-27(48-29)18-45(24-9-7-23(34)8-10-24)28(46)14-19-4-6-22(32(35,36)37)15-25(19)33(38,39)40/h4-11,15-16,21H,12-14,17-18H2,1-3H3. The van der Waals surface area contributed by atoms with Gasteiger partial charge in [-0.05, 0) is 80.8 Å². The fourth-order valence-electron chi connectivity index (χ4n) is 5.23. The van der Waals surface area contributed by atoms with Crippen molar-refractivity contribution < 1.29 is 49.5 Å².